The van der Waals surface area contributed by atoms with Crippen molar-refractivity contribution in [2.45, 2.75) is 13.5 Å². The molecule has 0 radical (unpaired) electrons. The molecule has 0 aliphatic carbocycles. The number of hydrogen-bond donors (Lipinski definition) is 1. The third-order valence-corrected chi connectivity index (χ3v) is 4.04. The minimum absolute atomic E-state index is 0.0893. The van der Waals surface area contributed by atoms with E-state index in [-0.39, 0.29) is 5.91 Å². The number of aryl methyl sites for hydroxylation is 1. The number of carbonyl (C=O) groups is 1. The first-order valence-electron chi connectivity index (χ1n) is 5.09. The maximum Gasteiger partial charge on any atom is 0.252 e. The molecule has 3 nitrogen and oxygen atoms in total. The van der Waals surface area contributed by atoms with Crippen LogP contribution in [0.15, 0.2) is 33.6 Å². The summed E-state index contributed by atoms with van der Waals surface area (Å²) in [6.45, 7) is 2.42. The van der Waals surface area contributed by atoms with E-state index >= 15 is 0 Å². The third kappa shape index (κ3) is 2.92. The average molecular weight is 311 g/mol. The van der Waals surface area contributed by atoms with E-state index in [0.29, 0.717) is 12.1 Å². The molecule has 0 aliphatic rings. The molecule has 17 heavy (non-hydrogen) atoms. The van der Waals surface area contributed by atoms with E-state index in [1.54, 1.807) is 11.6 Å². The molecule has 2 rings (SSSR count). The Bertz CT molecular complexity index is 525. The van der Waals surface area contributed by atoms with E-state index < -0.39 is 0 Å². The lowest BCUT2D eigenvalue weighted by atomic mass is 10.1. The van der Waals surface area contributed by atoms with Gasteiger partial charge in [-0.3, -0.25) is 4.79 Å². The second-order valence-corrected chi connectivity index (χ2v) is 5.11. The van der Waals surface area contributed by atoms with Crippen LogP contribution in [0.25, 0.3) is 0 Å². The first-order valence-corrected chi connectivity index (χ1v) is 6.82. The van der Waals surface area contributed by atoms with E-state index in [0.717, 1.165) is 15.7 Å². The molecule has 1 amide bonds. The van der Waals surface area contributed by atoms with Gasteiger partial charge in [0.15, 0.2) is 0 Å². The zero-order valence-corrected chi connectivity index (χ0v) is 11.6. The molecule has 0 unspecified atom stereocenters. The molecule has 0 fully saturated rings. The topological polar surface area (TPSA) is 42.0 Å². The summed E-state index contributed by atoms with van der Waals surface area (Å²) in [7, 11) is 0. The lowest BCUT2D eigenvalue weighted by Crippen LogP contribution is -2.23. The Hall–Kier alpha value is -1.20. The summed E-state index contributed by atoms with van der Waals surface area (Å²) in [5.74, 6) is -0.0893. The fourth-order valence-corrected chi connectivity index (χ4v) is 2.42. The van der Waals surface area contributed by atoms with Crippen molar-refractivity contribution >= 4 is 33.2 Å². The Morgan fingerprint density at radius 1 is 1.53 bits per heavy atom. The number of carbonyl (C=O) groups excluding carboxylic acids is 1. The summed E-state index contributed by atoms with van der Waals surface area (Å²) in [6.07, 6.45) is 0. The van der Waals surface area contributed by atoms with Gasteiger partial charge in [-0.05, 0) is 34.5 Å². The fraction of sp³-hybridized carbons (Fsp3) is 0.167. The van der Waals surface area contributed by atoms with Crippen molar-refractivity contribution in [2.24, 2.45) is 0 Å². The van der Waals surface area contributed by atoms with Gasteiger partial charge >= 0.3 is 0 Å². The van der Waals surface area contributed by atoms with Crippen LogP contribution < -0.4 is 5.32 Å². The Labute approximate surface area is 112 Å². The van der Waals surface area contributed by atoms with Gasteiger partial charge in [0, 0.05) is 9.85 Å². The van der Waals surface area contributed by atoms with Crippen molar-refractivity contribution < 1.29 is 4.79 Å². The van der Waals surface area contributed by atoms with E-state index in [1.165, 1.54) is 11.3 Å². The van der Waals surface area contributed by atoms with Crippen LogP contribution in [-0.2, 0) is 6.54 Å². The molecule has 1 aromatic carbocycles. The molecule has 1 aromatic heterocycles. The van der Waals surface area contributed by atoms with Crippen molar-refractivity contribution in [1.82, 2.24) is 10.3 Å². The summed E-state index contributed by atoms with van der Waals surface area (Å²) in [5, 5.41) is 4.77. The second kappa shape index (κ2) is 5.42. The summed E-state index contributed by atoms with van der Waals surface area (Å²) >= 11 is 4.95. The van der Waals surface area contributed by atoms with Crippen molar-refractivity contribution in [3.8, 4) is 0 Å². The number of nitrogens with zero attached hydrogens (tertiary/aromatic N) is 1. The monoisotopic (exact) mass is 310 g/mol. The molecule has 0 spiro atoms. The van der Waals surface area contributed by atoms with Gasteiger partial charge in [0.25, 0.3) is 5.91 Å². The van der Waals surface area contributed by atoms with E-state index in [1.807, 2.05) is 24.4 Å². The van der Waals surface area contributed by atoms with Crippen molar-refractivity contribution in [1.29, 1.82) is 0 Å². The lowest BCUT2D eigenvalue weighted by molar-refractivity contribution is 0.0949. The van der Waals surface area contributed by atoms with Crippen LogP contribution in [-0.4, -0.2) is 10.9 Å². The quantitative estimate of drug-likeness (QED) is 0.946. The summed E-state index contributed by atoms with van der Waals surface area (Å²) in [5.41, 5.74) is 4.34. The number of amides is 1. The number of benzene rings is 1. The SMILES string of the molecule is Cc1cccc(C(=O)NCc2cscn2)c1Br. The predicted molar refractivity (Wildman–Crippen MR) is 72.2 cm³/mol. The number of nitrogens with one attached hydrogen (secondary N) is 1. The molecule has 88 valence electrons. The molecule has 5 heteroatoms. The molecule has 0 bridgehead atoms. The lowest BCUT2D eigenvalue weighted by Gasteiger charge is -2.07. The highest BCUT2D eigenvalue weighted by molar-refractivity contribution is 9.10. The number of rotatable bonds is 3. The smallest absolute Gasteiger partial charge is 0.252 e. The Morgan fingerprint density at radius 2 is 2.35 bits per heavy atom. The largest absolute Gasteiger partial charge is 0.346 e. The average Bonchev–Trinajstić information content (AvgIpc) is 2.82. The van der Waals surface area contributed by atoms with Crippen LogP contribution in [0.2, 0.25) is 0 Å². The van der Waals surface area contributed by atoms with Gasteiger partial charge in [0.05, 0.1) is 23.3 Å². The number of hydrogen-bond acceptors (Lipinski definition) is 3. The Kier molecular flexibility index (Phi) is 3.91. The molecular weight excluding hydrogens is 300 g/mol. The maximum atomic E-state index is 11.9. The van der Waals surface area contributed by atoms with Crippen LogP contribution in [0.1, 0.15) is 21.6 Å². The third-order valence-electron chi connectivity index (χ3n) is 2.35. The maximum absolute atomic E-state index is 11.9. The van der Waals surface area contributed by atoms with Gasteiger partial charge in [-0.25, -0.2) is 4.98 Å². The molecule has 0 atom stereocenters. The zero-order valence-electron chi connectivity index (χ0n) is 9.24. The number of aromatic nitrogens is 1. The molecule has 1 heterocycles. The molecule has 0 saturated carbocycles. The van der Waals surface area contributed by atoms with Crippen LogP contribution in [0, 0.1) is 6.92 Å². The van der Waals surface area contributed by atoms with E-state index in [4.69, 9.17) is 0 Å². The second-order valence-electron chi connectivity index (χ2n) is 3.60. The van der Waals surface area contributed by atoms with Gasteiger partial charge in [0.1, 0.15) is 0 Å². The summed E-state index contributed by atoms with van der Waals surface area (Å²) in [6, 6.07) is 5.63. The molecule has 2 aromatic rings. The van der Waals surface area contributed by atoms with Crippen LogP contribution in [0.4, 0.5) is 0 Å². The summed E-state index contributed by atoms with van der Waals surface area (Å²) in [4.78, 5) is 16.1. The minimum Gasteiger partial charge on any atom is -0.346 e. The number of thiazole rings is 1. The first-order chi connectivity index (χ1) is 8.18. The molecular formula is C12H11BrN2OS. The zero-order chi connectivity index (χ0) is 12.3. The van der Waals surface area contributed by atoms with Gasteiger partial charge in [0.2, 0.25) is 0 Å². The molecule has 0 saturated heterocycles. The Morgan fingerprint density at radius 3 is 3.06 bits per heavy atom. The molecule has 1 N–H and O–H groups in total. The van der Waals surface area contributed by atoms with E-state index in [9.17, 15) is 4.79 Å². The van der Waals surface area contributed by atoms with Crippen molar-refractivity contribution in [2.75, 3.05) is 0 Å². The minimum atomic E-state index is -0.0893. The highest BCUT2D eigenvalue weighted by atomic mass is 79.9. The van der Waals surface area contributed by atoms with Crippen molar-refractivity contribution in [3.63, 3.8) is 0 Å². The van der Waals surface area contributed by atoms with Gasteiger partial charge in [-0.1, -0.05) is 12.1 Å². The van der Waals surface area contributed by atoms with Crippen LogP contribution in [0.3, 0.4) is 0 Å². The first kappa shape index (κ1) is 12.3. The van der Waals surface area contributed by atoms with Crippen molar-refractivity contribution in [3.05, 3.63) is 50.4 Å². The van der Waals surface area contributed by atoms with Gasteiger partial charge in [-0.2, -0.15) is 0 Å². The van der Waals surface area contributed by atoms with E-state index in [2.05, 4.69) is 26.2 Å². The highest BCUT2D eigenvalue weighted by Gasteiger charge is 2.10. The highest BCUT2D eigenvalue weighted by Crippen LogP contribution is 2.20. The van der Waals surface area contributed by atoms with Crippen LogP contribution >= 0.6 is 27.3 Å². The van der Waals surface area contributed by atoms with Gasteiger partial charge in [-0.15, -0.1) is 11.3 Å². The van der Waals surface area contributed by atoms with Crippen LogP contribution in [0.5, 0.6) is 0 Å². The number of halogens is 1. The Balaban J connectivity index is 2.07. The fourth-order valence-electron chi connectivity index (χ4n) is 1.41. The predicted octanol–water partition coefficient (Wildman–Crippen LogP) is 3.14. The van der Waals surface area contributed by atoms with Gasteiger partial charge < -0.3 is 5.32 Å². The normalized spacial score (nSPS) is 10.2. The molecule has 0 aliphatic heterocycles. The standard InChI is InChI=1S/C12H11BrN2OS/c1-8-3-2-4-10(11(8)13)12(16)14-5-9-6-17-7-15-9/h2-4,6-7H,5H2,1H3,(H,14,16). The summed E-state index contributed by atoms with van der Waals surface area (Å²) < 4.78 is 0.843.